The van der Waals surface area contributed by atoms with E-state index in [0.29, 0.717) is 0 Å². The third kappa shape index (κ3) is 2.28. The van der Waals surface area contributed by atoms with Gasteiger partial charge in [-0.15, -0.1) is 11.3 Å². The zero-order chi connectivity index (χ0) is 13.2. The molecule has 2 aromatic rings. The average Bonchev–Trinajstić information content (AvgIpc) is 2.95. The first-order valence-electron chi connectivity index (χ1n) is 6.30. The first-order valence-corrected chi connectivity index (χ1v) is 7.18. The van der Waals surface area contributed by atoms with E-state index in [-0.39, 0.29) is 11.9 Å². The van der Waals surface area contributed by atoms with Crippen LogP contribution in [0.5, 0.6) is 0 Å². The highest BCUT2D eigenvalue weighted by atomic mass is 32.1. The SMILES string of the molecule is COC(=O)C1CCN(c2ncnc3ccsc23)CC1. The van der Waals surface area contributed by atoms with Gasteiger partial charge in [0.25, 0.3) is 0 Å². The van der Waals surface area contributed by atoms with Crippen molar-refractivity contribution in [1.29, 1.82) is 0 Å². The van der Waals surface area contributed by atoms with Crippen LogP contribution >= 0.6 is 11.3 Å². The van der Waals surface area contributed by atoms with Gasteiger partial charge in [0.1, 0.15) is 12.1 Å². The summed E-state index contributed by atoms with van der Waals surface area (Å²) in [5, 5.41) is 2.03. The van der Waals surface area contributed by atoms with Crippen molar-refractivity contribution in [2.75, 3.05) is 25.1 Å². The van der Waals surface area contributed by atoms with Gasteiger partial charge in [-0.3, -0.25) is 4.79 Å². The fraction of sp³-hybridized carbons (Fsp3) is 0.462. The summed E-state index contributed by atoms with van der Waals surface area (Å²) in [7, 11) is 1.45. The van der Waals surface area contributed by atoms with E-state index >= 15 is 0 Å². The van der Waals surface area contributed by atoms with Crippen LogP contribution in [-0.4, -0.2) is 36.1 Å². The smallest absolute Gasteiger partial charge is 0.308 e. The number of ether oxygens (including phenoxy) is 1. The summed E-state index contributed by atoms with van der Waals surface area (Å²) in [5.41, 5.74) is 0.991. The van der Waals surface area contributed by atoms with Crippen LogP contribution in [0.15, 0.2) is 17.8 Å². The van der Waals surface area contributed by atoms with Crippen molar-refractivity contribution in [3.05, 3.63) is 17.8 Å². The zero-order valence-corrected chi connectivity index (χ0v) is 11.5. The highest BCUT2D eigenvalue weighted by molar-refractivity contribution is 7.17. The summed E-state index contributed by atoms with van der Waals surface area (Å²) >= 11 is 1.66. The molecule has 1 aliphatic rings. The Morgan fingerprint density at radius 3 is 2.95 bits per heavy atom. The number of thiophene rings is 1. The normalized spacial score (nSPS) is 16.8. The van der Waals surface area contributed by atoms with E-state index < -0.39 is 0 Å². The Bertz CT molecular complexity index is 590. The predicted molar refractivity (Wildman–Crippen MR) is 74.4 cm³/mol. The van der Waals surface area contributed by atoms with E-state index in [2.05, 4.69) is 14.9 Å². The highest BCUT2D eigenvalue weighted by Gasteiger charge is 2.27. The molecule has 0 radical (unpaired) electrons. The lowest BCUT2D eigenvalue weighted by Crippen LogP contribution is -2.37. The molecule has 2 aromatic heterocycles. The number of nitrogens with zero attached hydrogens (tertiary/aromatic N) is 3. The van der Waals surface area contributed by atoms with Gasteiger partial charge in [-0.25, -0.2) is 9.97 Å². The molecular formula is C13H15N3O2S. The van der Waals surface area contributed by atoms with Crippen molar-refractivity contribution in [2.45, 2.75) is 12.8 Å². The molecule has 1 aliphatic heterocycles. The summed E-state index contributed by atoms with van der Waals surface area (Å²) in [6.45, 7) is 1.67. The van der Waals surface area contributed by atoms with Crippen LogP contribution in [-0.2, 0) is 9.53 Å². The molecule has 0 aliphatic carbocycles. The summed E-state index contributed by atoms with van der Waals surface area (Å²) in [5.74, 6) is 0.925. The maximum absolute atomic E-state index is 11.5. The van der Waals surface area contributed by atoms with Crippen molar-refractivity contribution in [3.63, 3.8) is 0 Å². The number of anilines is 1. The van der Waals surface area contributed by atoms with Crippen LogP contribution in [0, 0.1) is 5.92 Å². The fourth-order valence-electron chi connectivity index (χ4n) is 2.49. The van der Waals surface area contributed by atoms with Crippen molar-refractivity contribution >= 4 is 33.3 Å². The van der Waals surface area contributed by atoms with Crippen LogP contribution in [0.25, 0.3) is 10.2 Å². The molecule has 1 fully saturated rings. The average molecular weight is 277 g/mol. The molecule has 0 N–H and O–H groups in total. The molecule has 0 amide bonds. The Morgan fingerprint density at radius 1 is 1.42 bits per heavy atom. The standard InChI is InChI=1S/C13H15N3O2S/c1-18-13(17)9-2-5-16(6-3-9)12-11-10(4-7-19-11)14-8-15-12/h4,7-9H,2-3,5-6H2,1H3. The molecule has 0 spiro atoms. The molecule has 3 rings (SSSR count). The summed E-state index contributed by atoms with van der Waals surface area (Å²) in [4.78, 5) is 22.4. The second-order valence-corrected chi connectivity index (χ2v) is 5.53. The largest absolute Gasteiger partial charge is 0.469 e. The fourth-order valence-corrected chi connectivity index (χ4v) is 3.36. The lowest BCUT2D eigenvalue weighted by atomic mass is 9.97. The van der Waals surface area contributed by atoms with Gasteiger partial charge in [-0.05, 0) is 24.3 Å². The summed E-state index contributed by atoms with van der Waals surface area (Å²) < 4.78 is 5.93. The van der Waals surface area contributed by atoms with Crippen molar-refractivity contribution in [1.82, 2.24) is 9.97 Å². The van der Waals surface area contributed by atoms with Gasteiger partial charge in [0.05, 0.1) is 23.2 Å². The van der Waals surface area contributed by atoms with Gasteiger partial charge in [0.2, 0.25) is 0 Å². The van der Waals surface area contributed by atoms with Crippen molar-refractivity contribution in [3.8, 4) is 0 Å². The van der Waals surface area contributed by atoms with E-state index in [1.165, 1.54) is 7.11 Å². The minimum absolute atomic E-state index is 0.0295. The first-order chi connectivity index (χ1) is 9.29. The van der Waals surface area contributed by atoms with Gasteiger partial charge < -0.3 is 9.64 Å². The first kappa shape index (κ1) is 12.3. The molecule has 3 heterocycles. The van der Waals surface area contributed by atoms with Crippen LogP contribution in [0.3, 0.4) is 0 Å². The van der Waals surface area contributed by atoms with Crippen LogP contribution in [0.2, 0.25) is 0 Å². The van der Waals surface area contributed by atoms with E-state index in [1.807, 2.05) is 11.4 Å². The zero-order valence-electron chi connectivity index (χ0n) is 10.7. The number of hydrogen-bond acceptors (Lipinski definition) is 6. The molecule has 1 saturated heterocycles. The number of methoxy groups -OCH3 is 1. The van der Waals surface area contributed by atoms with Crippen molar-refractivity contribution < 1.29 is 9.53 Å². The van der Waals surface area contributed by atoms with Crippen LogP contribution < -0.4 is 4.90 Å². The molecule has 19 heavy (non-hydrogen) atoms. The maximum atomic E-state index is 11.5. The van der Waals surface area contributed by atoms with Gasteiger partial charge in [0.15, 0.2) is 0 Å². The predicted octanol–water partition coefficient (Wildman–Crippen LogP) is 2.08. The number of esters is 1. The quantitative estimate of drug-likeness (QED) is 0.787. The third-order valence-electron chi connectivity index (χ3n) is 3.55. The maximum Gasteiger partial charge on any atom is 0.308 e. The lowest BCUT2D eigenvalue weighted by Gasteiger charge is -2.31. The number of fused-ring (bicyclic) bond motifs is 1. The molecule has 100 valence electrons. The van der Waals surface area contributed by atoms with Crippen LogP contribution in [0.1, 0.15) is 12.8 Å². The second kappa shape index (κ2) is 5.13. The number of aromatic nitrogens is 2. The Hall–Kier alpha value is -1.69. The molecule has 5 nitrogen and oxygen atoms in total. The van der Waals surface area contributed by atoms with E-state index in [9.17, 15) is 4.79 Å². The van der Waals surface area contributed by atoms with E-state index in [4.69, 9.17) is 4.74 Å². The molecule has 0 saturated carbocycles. The molecule has 0 unspecified atom stereocenters. The Balaban J connectivity index is 1.78. The Kier molecular flexibility index (Phi) is 3.33. The van der Waals surface area contributed by atoms with Gasteiger partial charge in [-0.2, -0.15) is 0 Å². The Labute approximate surface area is 115 Å². The lowest BCUT2D eigenvalue weighted by molar-refractivity contribution is -0.146. The molecule has 0 atom stereocenters. The number of hydrogen-bond donors (Lipinski definition) is 0. The number of carbonyl (C=O) groups is 1. The minimum atomic E-state index is -0.0939. The van der Waals surface area contributed by atoms with Crippen molar-refractivity contribution in [2.24, 2.45) is 5.92 Å². The second-order valence-electron chi connectivity index (χ2n) is 4.62. The number of carbonyl (C=O) groups excluding carboxylic acids is 1. The molecule has 6 heteroatoms. The van der Waals surface area contributed by atoms with E-state index in [0.717, 1.165) is 42.0 Å². The molecular weight excluding hydrogens is 262 g/mol. The number of rotatable bonds is 2. The molecule has 0 aromatic carbocycles. The topological polar surface area (TPSA) is 55.3 Å². The van der Waals surface area contributed by atoms with Gasteiger partial charge in [-0.1, -0.05) is 0 Å². The highest BCUT2D eigenvalue weighted by Crippen LogP contribution is 2.30. The summed E-state index contributed by atoms with van der Waals surface area (Å²) in [6.07, 6.45) is 3.25. The third-order valence-corrected chi connectivity index (χ3v) is 4.45. The number of piperidine rings is 1. The van der Waals surface area contributed by atoms with Gasteiger partial charge >= 0.3 is 5.97 Å². The Morgan fingerprint density at radius 2 is 2.21 bits per heavy atom. The summed E-state index contributed by atoms with van der Waals surface area (Å²) in [6, 6.07) is 2.01. The van der Waals surface area contributed by atoms with Gasteiger partial charge in [0, 0.05) is 13.1 Å². The molecule has 0 bridgehead atoms. The monoisotopic (exact) mass is 277 g/mol. The van der Waals surface area contributed by atoms with Crippen LogP contribution in [0.4, 0.5) is 5.82 Å². The van der Waals surface area contributed by atoms with E-state index in [1.54, 1.807) is 17.7 Å². The minimum Gasteiger partial charge on any atom is -0.469 e.